The second kappa shape index (κ2) is 8.81. The van der Waals surface area contributed by atoms with Crippen LogP contribution in [-0.2, 0) is 14.4 Å². The fraction of sp³-hybridized carbons (Fsp3) is 0.700. The maximum Gasteiger partial charge on any atom is 0.326 e. The number of hydrogen-bond donors (Lipinski definition) is 3. The molecule has 0 rings (SSSR count). The van der Waals surface area contributed by atoms with E-state index in [0.717, 1.165) is 0 Å². The molecule has 0 bridgehead atoms. The standard InChI is InChI=1S/C10H16ClNO5/c11-6-2-4-8(13)12-7(10(16)17)3-1-5-9(14)15/h7H,1-6H2,(H,12,13)(H,14,15)(H,16,17). The van der Waals surface area contributed by atoms with Crippen molar-refractivity contribution in [2.45, 2.75) is 38.1 Å². The topological polar surface area (TPSA) is 104 Å². The molecule has 6 nitrogen and oxygen atoms in total. The normalized spacial score (nSPS) is 11.8. The number of carbonyl (C=O) groups is 3. The van der Waals surface area contributed by atoms with Gasteiger partial charge in [0.2, 0.25) is 5.91 Å². The summed E-state index contributed by atoms with van der Waals surface area (Å²) in [5, 5.41) is 19.6. The molecule has 0 aliphatic rings. The average Bonchev–Trinajstić information content (AvgIpc) is 2.24. The van der Waals surface area contributed by atoms with Crippen molar-refractivity contribution < 1.29 is 24.6 Å². The Bertz CT molecular complexity index is 282. The Morgan fingerprint density at radius 2 is 1.76 bits per heavy atom. The summed E-state index contributed by atoms with van der Waals surface area (Å²) in [6, 6.07) is -1.03. The van der Waals surface area contributed by atoms with Gasteiger partial charge in [0.15, 0.2) is 0 Å². The molecule has 0 fully saturated rings. The third-order valence-corrected chi connectivity index (χ3v) is 2.32. The third-order valence-electron chi connectivity index (χ3n) is 2.05. The van der Waals surface area contributed by atoms with E-state index in [4.69, 9.17) is 21.8 Å². The summed E-state index contributed by atoms with van der Waals surface area (Å²) >= 11 is 5.40. The molecule has 0 radical (unpaired) electrons. The molecular formula is C10H16ClNO5. The fourth-order valence-corrected chi connectivity index (χ4v) is 1.34. The van der Waals surface area contributed by atoms with Gasteiger partial charge in [0.1, 0.15) is 6.04 Å². The Morgan fingerprint density at radius 1 is 1.12 bits per heavy atom. The van der Waals surface area contributed by atoms with Crippen LogP contribution in [0.2, 0.25) is 0 Å². The lowest BCUT2D eigenvalue weighted by molar-refractivity contribution is -0.142. The monoisotopic (exact) mass is 265 g/mol. The molecule has 3 N–H and O–H groups in total. The van der Waals surface area contributed by atoms with Crippen molar-refractivity contribution in [3.05, 3.63) is 0 Å². The van der Waals surface area contributed by atoms with Gasteiger partial charge in [0.05, 0.1) is 0 Å². The van der Waals surface area contributed by atoms with Crippen LogP contribution in [0.15, 0.2) is 0 Å². The minimum absolute atomic E-state index is 0.105. The number of hydrogen-bond acceptors (Lipinski definition) is 3. The number of carboxylic acid groups (broad SMARTS) is 2. The molecule has 0 aromatic carbocycles. The Labute approximate surface area is 104 Å². The zero-order valence-electron chi connectivity index (χ0n) is 9.32. The van der Waals surface area contributed by atoms with Crippen LogP contribution >= 0.6 is 11.6 Å². The summed E-state index contributed by atoms with van der Waals surface area (Å²) in [7, 11) is 0. The maximum atomic E-state index is 11.3. The van der Waals surface area contributed by atoms with E-state index in [0.29, 0.717) is 12.3 Å². The Morgan fingerprint density at radius 3 is 2.24 bits per heavy atom. The number of rotatable bonds is 9. The van der Waals surface area contributed by atoms with Gasteiger partial charge in [-0.25, -0.2) is 4.79 Å². The molecular weight excluding hydrogens is 250 g/mol. The SMILES string of the molecule is O=C(O)CCCC(NC(=O)CCCCl)C(=O)O. The molecule has 7 heteroatoms. The van der Waals surface area contributed by atoms with E-state index in [1.54, 1.807) is 0 Å². The summed E-state index contributed by atoms with van der Waals surface area (Å²) in [4.78, 5) is 32.3. The van der Waals surface area contributed by atoms with Gasteiger partial charge in [-0.3, -0.25) is 9.59 Å². The van der Waals surface area contributed by atoms with Gasteiger partial charge in [-0.2, -0.15) is 0 Å². The summed E-state index contributed by atoms with van der Waals surface area (Å²) in [5.41, 5.74) is 0. The highest BCUT2D eigenvalue weighted by Gasteiger charge is 2.19. The van der Waals surface area contributed by atoms with Crippen molar-refractivity contribution in [3.63, 3.8) is 0 Å². The minimum atomic E-state index is -1.16. The molecule has 0 spiro atoms. The molecule has 17 heavy (non-hydrogen) atoms. The van der Waals surface area contributed by atoms with Crippen LogP contribution in [0, 0.1) is 0 Å². The summed E-state index contributed by atoms with van der Waals surface area (Å²) in [5.74, 6) is -2.19. The number of nitrogens with one attached hydrogen (secondary N) is 1. The third kappa shape index (κ3) is 8.50. The number of halogens is 1. The van der Waals surface area contributed by atoms with Gasteiger partial charge in [-0.05, 0) is 19.3 Å². The molecule has 0 aliphatic heterocycles. The van der Waals surface area contributed by atoms with Gasteiger partial charge in [-0.15, -0.1) is 11.6 Å². The van der Waals surface area contributed by atoms with Crippen molar-refractivity contribution in [1.82, 2.24) is 5.32 Å². The summed E-state index contributed by atoms with van der Waals surface area (Å²) < 4.78 is 0. The molecule has 0 saturated carbocycles. The van der Waals surface area contributed by atoms with E-state index < -0.39 is 18.0 Å². The largest absolute Gasteiger partial charge is 0.481 e. The molecule has 0 aliphatic carbocycles. The highest BCUT2D eigenvalue weighted by molar-refractivity contribution is 6.17. The molecule has 1 unspecified atom stereocenters. The molecule has 0 aromatic heterocycles. The molecule has 1 atom stereocenters. The zero-order valence-corrected chi connectivity index (χ0v) is 10.1. The molecule has 0 saturated heterocycles. The Kier molecular flexibility index (Phi) is 8.13. The smallest absolute Gasteiger partial charge is 0.326 e. The Balaban J connectivity index is 4.02. The molecule has 0 heterocycles. The Hall–Kier alpha value is -1.30. The van der Waals surface area contributed by atoms with Gasteiger partial charge in [0, 0.05) is 18.7 Å². The predicted octanol–water partition coefficient (Wildman–Crippen LogP) is 0.830. The zero-order chi connectivity index (χ0) is 13.3. The number of aliphatic carboxylic acids is 2. The van der Waals surface area contributed by atoms with Crippen molar-refractivity contribution in [2.75, 3.05) is 5.88 Å². The highest BCUT2D eigenvalue weighted by atomic mass is 35.5. The van der Waals surface area contributed by atoms with E-state index in [1.165, 1.54) is 0 Å². The van der Waals surface area contributed by atoms with E-state index in [1.807, 2.05) is 0 Å². The second-order valence-electron chi connectivity index (χ2n) is 3.54. The fourth-order valence-electron chi connectivity index (χ4n) is 1.21. The molecule has 0 aromatic rings. The van der Waals surface area contributed by atoms with Crippen LogP contribution in [0.5, 0.6) is 0 Å². The van der Waals surface area contributed by atoms with Crippen LogP contribution in [-0.4, -0.2) is 40.0 Å². The van der Waals surface area contributed by atoms with Gasteiger partial charge in [0.25, 0.3) is 0 Å². The van der Waals surface area contributed by atoms with Gasteiger partial charge < -0.3 is 15.5 Å². The summed E-state index contributed by atoms with van der Waals surface area (Å²) in [6.07, 6.45) is 0.860. The highest BCUT2D eigenvalue weighted by Crippen LogP contribution is 2.03. The first-order valence-corrected chi connectivity index (χ1v) is 5.80. The average molecular weight is 266 g/mol. The lowest BCUT2D eigenvalue weighted by atomic mass is 10.1. The van der Waals surface area contributed by atoms with Crippen molar-refractivity contribution in [3.8, 4) is 0 Å². The number of amides is 1. The maximum absolute atomic E-state index is 11.3. The van der Waals surface area contributed by atoms with Crippen LogP contribution in [0.25, 0.3) is 0 Å². The molecule has 1 amide bonds. The second-order valence-corrected chi connectivity index (χ2v) is 3.91. The quantitative estimate of drug-likeness (QED) is 0.536. The number of alkyl halides is 1. The first-order chi connectivity index (χ1) is 7.97. The number of carbonyl (C=O) groups excluding carboxylic acids is 1. The predicted molar refractivity (Wildman–Crippen MR) is 61.0 cm³/mol. The van der Waals surface area contributed by atoms with Crippen LogP contribution < -0.4 is 5.32 Å². The lowest BCUT2D eigenvalue weighted by Gasteiger charge is -2.13. The van der Waals surface area contributed by atoms with Gasteiger partial charge in [-0.1, -0.05) is 0 Å². The van der Waals surface area contributed by atoms with Crippen molar-refractivity contribution >= 4 is 29.4 Å². The van der Waals surface area contributed by atoms with Crippen LogP contribution in [0.3, 0.4) is 0 Å². The van der Waals surface area contributed by atoms with Gasteiger partial charge >= 0.3 is 11.9 Å². The minimum Gasteiger partial charge on any atom is -0.481 e. The number of carboxylic acids is 2. The summed E-state index contributed by atoms with van der Waals surface area (Å²) in [6.45, 7) is 0. The van der Waals surface area contributed by atoms with Crippen LogP contribution in [0.1, 0.15) is 32.1 Å². The van der Waals surface area contributed by atoms with Crippen LogP contribution in [0.4, 0.5) is 0 Å². The first-order valence-electron chi connectivity index (χ1n) is 5.27. The van der Waals surface area contributed by atoms with E-state index in [2.05, 4.69) is 5.32 Å². The van der Waals surface area contributed by atoms with E-state index in [9.17, 15) is 14.4 Å². The molecule has 98 valence electrons. The first kappa shape index (κ1) is 15.7. The van der Waals surface area contributed by atoms with E-state index >= 15 is 0 Å². The lowest BCUT2D eigenvalue weighted by Crippen LogP contribution is -2.40. The van der Waals surface area contributed by atoms with Crippen molar-refractivity contribution in [1.29, 1.82) is 0 Å². The van der Waals surface area contributed by atoms with Crippen molar-refractivity contribution in [2.24, 2.45) is 0 Å². The van der Waals surface area contributed by atoms with E-state index in [-0.39, 0.29) is 31.6 Å².